The van der Waals surface area contributed by atoms with Crippen LogP contribution in [0.3, 0.4) is 0 Å². The van der Waals surface area contributed by atoms with E-state index in [1.807, 2.05) is 6.07 Å². The van der Waals surface area contributed by atoms with Crippen LogP contribution >= 0.6 is 15.9 Å². The van der Waals surface area contributed by atoms with Gasteiger partial charge < -0.3 is 10.6 Å². The van der Waals surface area contributed by atoms with Crippen molar-refractivity contribution in [3.05, 3.63) is 47.0 Å². The second kappa shape index (κ2) is 7.00. The summed E-state index contributed by atoms with van der Waals surface area (Å²) >= 11 is 3.34. The van der Waals surface area contributed by atoms with Crippen molar-refractivity contribution in [1.82, 2.24) is 9.97 Å². The molecule has 0 aliphatic carbocycles. The first-order valence-corrected chi connectivity index (χ1v) is 7.11. The van der Waals surface area contributed by atoms with Crippen LogP contribution in [0.1, 0.15) is 23.8 Å². The summed E-state index contributed by atoms with van der Waals surface area (Å²) in [6.07, 6.45) is 5.89. The normalized spacial score (nSPS) is 10.1. The molecule has 1 amide bonds. The quantitative estimate of drug-likeness (QED) is 0.880. The van der Waals surface area contributed by atoms with Gasteiger partial charge in [-0.1, -0.05) is 6.92 Å². The lowest BCUT2D eigenvalue weighted by molar-refractivity contribution is 0.102. The van der Waals surface area contributed by atoms with Crippen LogP contribution in [0, 0.1) is 0 Å². The van der Waals surface area contributed by atoms with Gasteiger partial charge >= 0.3 is 0 Å². The van der Waals surface area contributed by atoms with Crippen LogP contribution in [0.2, 0.25) is 0 Å². The van der Waals surface area contributed by atoms with E-state index in [0.717, 1.165) is 23.1 Å². The number of carbonyl (C=O) groups excluding carboxylic acids is 1. The molecular weight excluding hydrogens is 320 g/mol. The summed E-state index contributed by atoms with van der Waals surface area (Å²) in [5.41, 5.74) is 1.93. The van der Waals surface area contributed by atoms with E-state index in [1.54, 1.807) is 30.7 Å². The second-order valence-corrected chi connectivity index (χ2v) is 5.02. The van der Waals surface area contributed by atoms with Gasteiger partial charge in [-0.25, -0.2) is 0 Å². The SMILES string of the molecule is CCCNc1ccnc(C(=O)Nc2ccncc2Br)c1. The Morgan fingerprint density at radius 3 is 2.95 bits per heavy atom. The van der Waals surface area contributed by atoms with E-state index in [1.165, 1.54) is 0 Å². The first kappa shape index (κ1) is 14.5. The van der Waals surface area contributed by atoms with Crippen molar-refractivity contribution in [1.29, 1.82) is 0 Å². The molecule has 2 N–H and O–H groups in total. The van der Waals surface area contributed by atoms with Gasteiger partial charge in [0.05, 0.1) is 10.2 Å². The van der Waals surface area contributed by atoms with E-state index >= 15 is 0 Å². The van der Waals surface area contributed by atoms with E-state index in [2.05, 4.69) is 43.5 Å². The zero-order valence-corrected chi connectivity index (χ0v) is 12.6. The molecule has 6 heteroatoms. The first-order valence-electron chi connectivity index (χ1n) is 6.31. The van der Waals surface area contributed by atoms with Gasteiger partial charge in [0.1, 0.15) is 5.69 Å². The van der Waals surface area contributed by atoms with E-state index in [4.69, 9.17) is 0 Å². The summed E-state index contributed by atoms with van der Waals surface area (Å²) in [5.74, 6) is -0.253. The molecule has 0 radical (unpaired) electrons. The predicted molar refractivity (Wildman–Crippen MR) is 82.9 cm³/mol. The molecule has 0 bridgehead atoms. The molecule has 2 heterocycles. The number of hydrogen-bond acceptors (Lipinski definition) is 4. The molecule has 0 aliphatic rings. The maximum absolute atomic E-state index is 12.1. The summed E-state index contributed by atoms with van der Waals surface area (Å²) in [6, 6.07) is 5.30. The Labute approximate surface area is 126 Å². The summed E-state index contributed by atoms with van der Waals surface area (Å²) in [4.78, 5) is 20.2. The number of anilines is 2. The number of rotatable bonds is 5. The Hall–Kier alpha value is -1.95. The number of nitrogens with zero attached hydrogens (tertiary/aromatic N) is 2. The number of nitrogens with one attached hydrogen (secondary N) is 2. The van der Waals surface area contributed by atoms with Crippen molar-refractivity contribution in [2.45, 2.75) is 13.3 Å². The maximum atomic E-state index is 12.1. The number of amides is 1. The lowest BCUT2D eigenvalue weighted by atomic mass is 10.3. The van der Waals surface area contributed by atoms with Gasteiger partial charge in [0.2, 0.25) is 0 Å². The molecule has 0 saturated heterocycles. The molecule has 104 valence electrons. The van der Waals surface area contributed by atoms with E-state index in [0.29, 0.717) is 11.4 Å². The van der Waals surface area contributed by atoms with Gasteiger partial charge in [-0.2, -0.15) is 0 Å². The lowest BCUT2D eigenvalue weighted by Crippen LogP contribution is -2.14. The molecule has 0 aliphatic heterocycles. The third kappa shape index (κ3) is 3.77. The minimum absolute atomic E-state index is 0.253. The number of hydrogen-bond donors (Lipinski definition) is 2. The standard InChI is InChI=1S/C14H15BrN4O/c1-2-5-17-10-3-7-18-13(8-10)14(20)19-12-4-6-16-9-11(12)15/h3-4,6-9H,2,5H2,1H3,(H,17,18)(H,16,19,20). The van der Waals surface area contributed by atoms with Gasteiger partial charge in [-0.15, -0.1) is 0 Å². The van der Waals surface area contributed by atoms with Crippen molar-refractivity contribution in [3.63, 3.8) is 0 Å². The number of carbonyl (C=O) groups is 1. The molecule has 5 nitrogen and oxygen atoms in total. The summed E-state index contributed by atoms with van der Waals surface area (Å²) < 4.78 is 0.730. The van der Waals surface area contributed by atoms with E-state index < -0.39 is 0 Å². The maximum Gasteiger partial charge on any atom is 0.274 e. The smallest absolute Gasteiger partial charge is 0.274 e. The lowest BCUT2D eigenvalue weighted by Gasteiger charge is -2.08. The predicted octanol–water partition coefficient (Wildman–Crippen LogP) is 3.31. The highest BCUT2D eigenvalue weighted by Crippen LogP contribution is 2.20. The van der Waals surface area contributed by atoms with Crippen LogP contribution < -0.4 is 10.6 Å². The minimum atomic E-state index is -0.253. The average molecular weight is 335 g/mol. The topological polar surface area (TPSA) is 66.9 Å². The fourth-order valence-electron chi connectivity index (χ4n) is 1.60. The highest BCUT2D eigenvalue weighted by atomic mass is 79.9. The second-order valence-electron chi connectivity index (χ2n) is 4.17. The molecule has 0 atom stereocenters. The molecule has 2 aromatic heterocycles. The van der Waals surface area contributed by atoms with Crippen LogP contribution in [-0.4, -0.2) is 22.4 Å². The molecular formula is C14H15BrN4O. The van der Waals surface area contributed by atoms with Crippen LogP contribution in [0.4, 0.5) is 11.4 Å². The first-order chi connectivity index (χ1) is 9.70. The summed E-state index contributed by atoms with van der Waals surface area (Å²) in [5, 5.41) is 6.02. The molecule has 0 saturated carbocycles. The molecule has 0 spiro atoms. The Bertz CT molecular complexity index is 603. The minimum Gasteiger partial charge on any atom is -0.385 e. The van der Waals surface area contributed by atoms with Gasteiger partial charge in [0, 0.05) is 30.8 Å². The molecule has 0 aromatic carbocycles. The van der Waals surface area contributed by atoms with Crippen LogP contribution in [0.5, 0.6) is 0 Å². The van der Waals surface area contributed by atoms with Crippen LogP contribution in [-0.2, 0) is 0 Å². The van der Waals surface area contributed by atoms with Crippen molar-refractivity contribution < 1.29 is 4.79 Å². The highest BCUT2D eigenvalue weighted by Gasteiger charge is 2.10. The summed E-state index contributed by atoms with van der Waals surface area (Å²) in [6.45, 7) is 2.95. The Morgan fingerprint density at radius 1 is 1.35 bits per heavy atom. The van der Waals surface area contributed by atoms with Gasteiger partial charge in [-0.05, 0) is 40.5 Å². The molecule has 2 rings (SSSR count). The van der Waals surface area contributed by atoms with Crippen molar-refractivity contribution >= 4 is 33.2 Å². The zero-order valence-electron chi connectivity index (χ0n) is 11.1. The fraction of sp³-hybridized carbons (Fsp3) is 0.214. The molecule has 2 aromatic rings. The van der Waals surface area contributed by atoms with Crippen LogP contribution in [0.25, 0.3) is 0 Å². The third-order valence-corrected chi connectivity index (χ3v) is 3.22. The van der Waals surface area contributed by atoms with E-state index in [9.17, 15) is 4.79 Å². The van der Waals surface area contributed by atoms with Gasteiger partial charge in [-0.3, -0.25) is 14.8 Å². The van der Waals surface area contributed by atoms with Crippen molar-refractivity contribution in [2.75, 3.05) is 17.2 Å². The number of aromatic nitrogens is 2. The monoisotopic (exact) mass is 334 g/mol. The van der Waals surface area contributed by atoms with Gasteiger partial charge in [0.25, 0.3) is 5.91 Å². The highest BCUT2D eigenvalue weighted by molar-refractivity contribution is 9.10. The van der Waals surface area contributed by atoms with Crippen LogP contribution in [0.15, 0.2) is 41.3 Å². The Balaban J connectivity index is 2.11. The zero-order chi connectivity index (χ0) is 14.4. The number of pyridine rings is 2. The summed E-state index contributed by atoms with van der Waals surface area (Å²) in [7, 11) is 0. The fourth-order valence-corrected chi connectivity index (χ4v) is 1.95. The van der Waals surface area contributed by atoms with Gasteiger partial charge in [0.15, 0.2) is 0 Å². The van der Waals surface area contributed by atoms with Crippen molar-refractivity contribution in [2.24, 2.45) is 0 Å². The van der Waals surface area contributed by atoms with E-state index in [-0.39, 0.29) is 5.91 Å². The molecule has 20 heavy (non-hydrogen) atoms. The molecule has 0 unspecified atom stereocenters. The number of halogens is 1. The average Bonchev–Trinajstić information content (AvgIpc) is 2.48. The molecule has 0 fully saturated rings. The van der Waals surface area contributed by atoms with Crippen molar-refractivity contribution in [3.8, 4) is 0 Å². The largest absolute Gasteiger partial charge is 0.385 e. The third-order valence-electron chi connectivity index (χ3n) is 2.59. The Morgan fingerprint density at radius 2 is 2.20 bits per heavy atom. The Kier molecular flexibility index (Phi) is 5.06.